The van der Waals surface area contributed by atoms with Gasteiger partial charge in [-0.3, -0.25) is 4.90 Å². The van der Waals surface area contributed by atoms with Crippen LogP contribution in [0.2, 0.25) is 0 Å². The second-order valence-corrected chi connectivity index (χ2v) is 6.80. The summed E-state index contributed by atoms with van der Waals surface area (Å²) in [6.45, 7) is 0.905. The Morgan fingerprint density at radius 1 is 1.29 bits per heavy atom. The van der Waals surface area contributed by atoms with E-state index in [1.807, 2.05) is 0 Å². The summed E-state index contributed by atoms with van der Waals surface area (Å²) in [7, 11) is 2.20. The predicted octanol–water partition coefficient (Wildman–Crippen LogP) is 3.44. The minimum Gasteiger partial charge on any atom is -0.454 e. The molecule has 0 spiro atoms. The fraction of sp³-hybridized carbons (Fsp3) is 0.625. The van der Waals surface area contributed by atoms with Gasteiger partial charge >= 0.3 is 0 Å². The second-order valence-electron chi connectivity index (χ2n) is 5.95. The molecule has 1 aliphatic heterocycles. The average molecular weight is 355 g/mol. The van der Waals surface area contributed by atoms with Crippen LogP contribution < -0.4 is 15.2 Å². The summed E-state index contributed by atoms with van der Waals surface area (Å²) in [5, 5.41) is 0. The van der Waals surface area contributed by atoms with Crippen LogP contribution in [0.1, 0.15) is 43.7 Å². The number of likely N-dealkylation sites (N-methyl/N-ethyl adjacent to an activating group) is 1. The van der Waals surface area contributed by atoms with Gasteiger partial charge in [-0.1, -0.05) is 19.3 Å². The van der Waals surface area contributed by atoms with Crippen molar-refractivity contribution in [2.24, 2.45) is 5.73 Å². The molecule has 2 N–H and O–H groups in total. The molecule has 2 aliphatic rings. The van der Waals surface area contributed by atoms with E-state index in [4.69, 9.17) is 15.2 Å². The number of halogens is 1. The lowest BCUT2D eigenvalue weighted by Gasteiger charge is -2.37. The summed E-state index contributed by atoms with van der Waals surface area (Å²) in [6, 6.07) is 5.05. The Kier molecular flexibility index (Phi) is 4.72. The van der Waals surface area contributed by atoms with E-state index < -0.39 is 0 Å². The van der Waals surface area contributed by atoms with Crippen molar-refractivity contribution in [3.05, 3.63) is 22.2 Å². The van der Waals surface area contributed by atoms with Gasteiger partial charge in [0.2, 0.25) is 6.79 Å². The molecule has 1 atom stereocenters. The van der Waals surface area contributed by atoms with E-state index >= 15 is 0 Å². The SMILES string of the molecule is CN(C1CCCCC1)C(CN)c1cc(Br)c2c(c1)OCO2. The molecule has 0 radical (unpaired) electrons. The average Bonchev–Trinajstić information content (AvgIpc) is 2.98. The summed E-state index contributed by atoms with van der Waals surface area (Å²) in [5.41, 5.74) is 7.27. The van der Waals surface area contributed by atoms with Crippen LogP contribution in [0, 0.1) is 0 Å². The van der Waals surface area contributed by atoms with Crippen LogP contribution in [0.5, 0.6) is 11.5 Å². The maximum absolute atomic E-state index is 6.08. The highest BCUT2D eigenvalue weighted by Gasteiger charge is 2.27. The lowest BCUT2D eigenvalue weighted by molar-refractivity contribution is 0.140. The monoisotopic (exact) mass is 354 g/mol. The van der Waals surface area contributed by atoms with E-state index in [0.717, 1.165) is 16.0 Å². The fourth-order valence-corrected chi connectivity index (χ4v) is 4.03. The van der Waals surface area contributed by atoms with Gasteiger partial charge in [-0.2, -0.15) is 0 Å². The van der Waals surface area contributed by atoms with E-state index in [-0.39, 0.29) is 6.04 Å². The van der Waals surface area contributed by atoms with Gasteiger partial charge in [0, 0.05) is 18.6 Å². The molecule has 1 aromatic rings. The first kappa shape index (κ1) is 15.1. The first-order valence-electron chi connectivity index (χ1n) is 7.71. The smallest absolute Gasteiger partial charge is 0.231 e. The van der Waals surface area contributed by atoms with Crippen molar-refractivity contribution >= 4 is 15.9 Å². The van der Waals surface area contributed by atoms with Gasteiger partial charge in [-0.15, -0.1) is 0 Å². The van der Waals surface area contributed by atoms with Gasteiger partial charge in [0.05, 0.1) is 4.47 Å². The summed E-state index contributed by atoms with van der Waals surface area (Å²) < 4.78 is 11.9. The number of nitrogens with zero attached hydrogens (tertiary/aromatic N) is 1. The molecule has 116 valence electrons. The maximum Gasteiger partial charge on any atom is 0.231 e. The Hall–Kier alpha value is -0.780. The van der Waals surface area contributed by atoms with Crippen LogP contribution in [-0.4, -0.2) is 31.3 Å². The molecule has 1 heterocycles. The zero-order chi connectivity index (χ0) is 14.8. The van der Waals surface area contributed by atoms with E-state index in [2.05, 4.69) is 40.0 Å². The number of ether oxygens (including phenoxy) is 2. The fourth-order valence-electron chi connectivity index (χ4n) is 3.46. The van der Waals surface area contributed by atoms with Crippen molar-refractivity contribution in [1.29, 1.82) is 0 Å². The number of rotatable bonds is 4. The molecule has 3 rings (SSSR count). The minimum absolute atomic E-state index is 0.221. The lowest BCUT2D eigenvalue weighted by atomic mass is 9.92. The van der Waals surface area contributed by atoms with Crippen LogP contribution >= 0.6 is 15.9 Å². The van der Waals surface area contributed by atoms with Crippen molar-refractivity contribution in [3.63, 3.8) is 0 Å². The van der Waals surface area contributed by atoms with Gasteiger partial charge in [0.15, 0.2) is 11.5 Å². The molecule has 0 aromatic heterocycles. The quantitative estimate of drug-likeness (QED) is 0.899. The number of hydrogen-bond donors (Lipinski definition) is 1. The Labute approximate surface area is 134 Å². The van der Waals surface area contributed by atoms with Crippen molar-refractivity contribution in [2.75, 3.05) is 20.4 Å². The maximum atomic E-state index is 6.08. The highest BCUT2D eigenvalue weighted by atomic mass is 79.9. The van der Waals surface area contributed by atoms with E-state index in [0.29, 0.717) is 19.4 Å². The molecule has 1 aromatic carbocycles. The van der Waals surface area contributed by atoms with Crippen molar-refractivity contribution < 1.29 is 9.47 Å². The minimum atomic E-state index is 0.221. The number of benzene rings is 1. The third-order valence-electron chi connectivity index (χ3n) is 4.70. The first-order valence-corrected chi connectivity index (χ1v) is 8.51. The largest absolute Gasteiger partial charge is 0.454 e. The van der Waals surface area contributed by atoms with Crippen LogP contribution in [0.25, 0.3) is 0 Å². The van der Waals surface area contributed by atoms with Crippen molar-refractivity contribution in [2.45, 2.75) is 44.2 Å². The van der Waals surface area contributed by atoms with Gasteiger partial charge in [-0.25, -0.2) is 0 Å². The first-order chi connectivity index (χ1) is 10.2. The molecule has 1 aliphatic carbocycles. The molecule has 0 saturated heterocycles. The standard InChI is InChI=1S/C16H23BrN2O2/c1-19(12-5-3-2-4-6-12)14(9-18)11-7-13(17)16-15(8-11)20-10-21-16/h7-8,12,14H,2-6,9-10,18H2,1H3. The van der Waals surface area contributed by atoms with E-state index in [9.17, 15) is 0 Å². The normalized spacial score (nSPS) is 20.0. The van der Waals surface area contributed by atoms with Crippen LogP contribution in [-0.2, 0) is 0 Å². The lowest BCUT2D eigenvalue weighted by Crippen LogP contribution is -2.39. The zero-order valence-electron chi connectivity index (χ0n) is 12.5. The number of hydrogen-bond acceptors (Lipinski definition) is 4. The summed E-state index contributed by atoms with van der Waals surface area (Å²) in [5.74, 6) is 1.62. The summed E-state index contributed by atoms with van der Waals surface area (Å²) in [6.07, 6.45) is 6.58. The molecule has 5 heteroatoms. The van der Waals surface area contributed by atoms with Crippen LogP contribution in [0.4, 0.5) is 0 Å². The third kappa shape index (κ3) is 3.05. The molecule has 1 saturated carbocycles. The van der Waals surface area contributed by atoms with Gasteiger partial charge < -0.3 is 15.2 Å². The van der Waals surface area contributed by atoms with Gasteiger partial charge in [-0.05, 0) is 53.5 Å². The third-order valence-corrected chi connectivity index (χ3v) is 5.29. The Balaban J connectivity index is 1.84. The molecule has 0 bridgehead atoms. The van der Waals surface area contributed by atoms with E-state index in [1.54, 1.807) is 0 Å². The Morgan fingerprint density at radius 3 is 2.76 bits per heavy atom. The van der Waals surface area contributed by atoms with Gasteiger partial charge in [0.25, 0.3) is 0 Å². The molecule has 1 unspecified atom stereocenters. The summed E-state index contributed by atoms with van der Waals surface area (Å²) >= 11 is 3.58. The van der Waals surface area contributed by atoms with Crippen molar-refractivity contribution in [1.82, 2.24) is 4.90 Å². The highest BCUT2D eigenvalue weighted by molar-refractivity contribution is 9.10. The number of fused-ring (bicyclic) bond motifs is 1. The van der Waals surface area contributed by atoms with Crippen LogP contribution in [0.3, 0.4) is 0 Å². The zero-order valence-corrected chi connectivity index (χ0v) is 14.1. The van der Waals surface area contributed by atoms with Crippen LogP contribution in [0.15, 0.2) is 16.6 Å². The highest BCUT2D eigenvalue weighted by Crippen LogP contribution is 2.42. The molecule has 0 amide bonds. The topological polar surface area (TPSA) is 47.7 Å². The Bertz CT molecular complexity index is 503. The number of nitrogens with two attached hydrogens (primary N) is 1. The second kappa shape index (κ2) is 6.55. The van der Waals surface area contributed by atoms with E-state index in [1.165, 1.54) is 37.7 Å². The molecule has 1 fully saturated rings. The molecule has 4 nitrogen and oxygen atoms in total. The summed E-state index contributed by atoms with van der Waals surface area (Å²) in [4.78, 5) is 2.45. The predicted molar refractivity (Wildman–Crippen MR) is 86.7 cm³/mol. The van der Waals surface area contributed by atoms with Crippen molar-refractivity contribution in [3.8, 4) is 11.5 Å². The van der Waals surface area contributed by atoms with Gasteiger partial charge in [0.1, 0.15) is 0 Å². The Morgan fingerprint density at radius 2 is 2.05 bits per heavy atom. The molecule has 21 heavy (non-hydrogen) atoms. The molecular weight excluding hydrogens is 332 g/mol. The molecular formula is C16H23BrN2O2.